The minimum atomic E-state index is -1.13. The number of rotatable bonds is 8. The van der Waals surface area contributed by atoms with Gasteiger partial charge in [0.25, 0.3) is 0 Å². The van der Waals surface area contributed by atoms with E-state index in [-0.39, 0.29) is 19.1 Å². The highest BCUT2D eigenvalue weighted by atomic mass is 16.4. The van der Waals surface area contributed by atoms with Gasteiger partial charge in [-0.2, -0.15) is 0 Å². The SMILES string of the molecule is CC(C)CN(CC(C)C)C(=O)NC(CCO)C(=O)O. The zero-order chi connectivity index (χ0) is 15.0. The van der Waals surface area contributed by atoms with Gasteiger partial charge in [-0.05, 0) is 11.8 Å². The van der Waals surface area contributed by atoms with E-state index in [9.17, 15) is 9.59 Å². The lowest BCUT2D eigenvalue weighted by Gasteiger charge is -2.28. The highest BCUT2D eigenvalue weighted by molar-refractivity contribution is 5.82. The highest BCUT2D eigenvalue weighted by Crippen LogP contribution is 2.05. The predicted molar refractivity (Wildman–Crippen MR) is 72.9 cm³/mol. The summed E-state index contributed by atoms with van der Waals surface area (Å²) in [6.07, 6.45) is 0.0122. The molecule has 0 radical (unpaired) electrons. The van der Waals surface area contributed by atoms with Gasteiger partial charge >= 0.3 is 12.0 Å². The van der Waals surface area contributed by atoms with Crippen LogP contribution in [0.3, 0.4) is 0 Å². The summed E-state index contributed by atoms with van der Waals surface area (Å²) in [7, 11) is 0. The van der Waals surface area contributed by atoms with Gasteiger partial charge in [-0.15, -0.1) is 0 Å². The number of carboxylic acids is 1. The van der Waals surface area contributed by atoms with Crippen molar-refractivity contribution in [2.45, 2.75) is 40.2 Å². The van der Waals surface area contributed by atoms with Gasteiger partial charge in [-0.25, -0.2) is 9.59 Å². The van der Waals surface area contributed by atoms with Crippen LogP contribution in [0.2, 0.25) is 0 Å². The average molecular weight is 274 g/mol. The second kappa shape index (κ2) is 8.74. The number of aliphatic carboxylic acids is 1. The number of carboxylic acid groups (broad SMARTS) is 1. The lowest BCUT2D eigenvalue weighted by atomic mass is 10.1. The Hall–Kier alpha value is -1.30. The van der Waals surface area contributed by atoms with Crippen molar-refractivity contribution < 1.29 is 19.8 Å². The molecule has 0 rings (SSSR count). The monoisotopic (exact) mass is 274 g/mol. The van der Waals surface area contributed by atoms with Crippen LogP contribution in [0.1, 0.15) is 34.1 Å². The number of amides is 2. The van der Waals surface area contributed by atoms with Gasteiger partial charge in [0, 0.05) is 26.1 Å². The highest BCUT2D eigenvalue weighted by Gasteiger charge is 2.23. The minimum Gasteiger partial charge on any atom is -0.480 e. The number of carbonyl (C=O) groups excluding carboxylic acids is 1. The van der Waals surface area contributed by atoms with Crippen LogP contribution < -0.4 is 5.32 Å². The molecule has 0 heterocycles. The van der Waals surface area contributed by atoms with E-state index in [0.717, 1.165) is 0 Å². The van der Waals surface area contributed by atoms with E-state index in [2.05, 4.69) is 5.32 Å². The predicted octanol–water partition coefficient (Wildman–Crippen LogP) is 1.15. The lowest BCUT2D eigenvalue weighted by molar-refractivity contribution is -0.139. The molecule has 112 valence electrons. The Balaban J connectivity index is 4.63. The van der Waals surface area contributed by atoms with Gasteiger partial charge in [-0.1, -0.05) is 27.7 Å². The summed E-state index contributed by atoms with van der Waals surface area (Å²) in [5.74, 6) is -0.507. The molecule has 0 aromatic rings. The summed E-state index contributed by atoms with van der Waals surface area (Å²) in [6, 6.07) is -1.43. The fourth-order valence-corrected chi connectivity index (χ4v) is 1.75. The fourth-order valence-electron chi connectivity index (χ4n) is 1.75. The van der Waals surface area contributed by atoms with Crippen LogP contribution in [0, 0.1) is 11.8 Å². The Morgan fingerprint density at radius 3 is 1.89 bits per heavy atom. The molecule has 0 aromatic carbocycles. The van der Waals surface area contributed by atoms with E-state index >= 15 is 0 Å². The zero-order valence-corrected chi connectivity index (χ0v) is 12.2. The van der Waals surface area contributed by atoms with Crippen molar-refractivity contribution >= 4 is 12.0 Å². The molecule has 0 fully saturated rings. The average Bonchev–Trinajstić information content (AvgIpc) is 2.25. The van der Waals surface area contributed by atoms with Crippen molar-refractivity contribution in [3.8, 4) is 0 Å². The van der Waals surface area contributed by atoms with Crippen LogP contribution >= 0.6 is 0 Å². The first kappa shape index (κ1) is 17.7. The number of aliphatic hydroxyl groups excluding tert-OH is 1. The number of nitrogens with zero attached hydrogens (tertiary/aromatic N) is 1. The Labute approximate surface area is 114 Å². The second-order valence-electron chi connectivity index (χ2n) is 5.55. The summed E-state index contributed by atoms with van der Waals surface area (Å²) >= 11 is 0. The van der Waals surface area contributed by atoms with Crippen molar-refractivity contribution in [2.75, 3.05) is 19.7 Å². The van der Waals surface area contributed by atoms with Crippen molar-refractivity contribution in [2.24, 2.45) is 11.8 Å². The molecule has 0 aromatic heterocycles. The van der Waals surface area contributed by atoms with Crippen LogP contribution in [-0.2, 0) is 4.79 Å². The Morgan fingerprint density at radius 1 is 1.11 bits per heavy atom. The third-order valence-electron chi connectivity index (χ3n) is 2.47. The molecule has 3 N–H and O–H groups in total. The standard InChI is InChI=1S/C13H26N2O4/c1-9(2)7-15(8-10(3)4)13(19)14-11(5-6-16)12(17)18/h9-11,16H,5-8H2,1-4H3,(H,14,19)(H,17,18). The fraction of sp³-hybridized carbons (Fsp3) is 0.846. The zero-order valence-electron chi connectivity index (χ0n) is 12.2. The molecule has 0 bridgehead atoms. The number of hydrogen-bond donors (Lipinski definition) is 3. The molecular formula is C13H26N2O4. The molecule has 1 atom stereocenters. The van der Waals surface area contributed by atoms with Gasteiger partial charge < -0.3 is 20.4 Å². The Morgan fingerprint density at radius 2 is 1.58 bits per heavy atom. The Bertz CT molecular complexity index is 282. The third kappa shape index (κ3) is 7.66. The van der Waals surface area contributed by atoms with Gasteiger partial charge in [0.05, 0.1) is 0 Å². The van der Waals surface area contributed by atoms with Gasteiger partial charge in [0.1, 0.15) is 6.04 Å². The van der Waals surface area contributed by atoms with Crippen LogP contribution in [-0.4, -0.2) is 52.9 Å². The number of carbonyl (C=O) groups is 2. The molecule has 0 spiro atoms. The second-order valence-corrected chi connectivity index (χ2v) is 5.55. The van der Waals surface area contributed by atoms with Gasteiger partial charge in [0.2, 0.25) is 0 Å². The van der Waals surface area contributed by atoms with Gasteiger partial charge in [0.15, 0.2) is 0 Å². The van der Waals surface area contributed by atoms with Crippen molar-refractivity contribution in [3.05, 3.63) is 0 Å². The van der Waals surface area contributed by atoms with E-state index < -0.39 is 12.0 Å². The minimum absolute atomic E-state index is 0.0122. The van der Waals surface area contributed by atoms with Crippen molar-refractivity contribution in [3.63, 3.8) is 0 Å². The normalized spacial score (nSPS) is 12.6. The largest absolute Gasteiger partial charge is 0.480 e. The maximum Gasteiger partial charge on any atom is 0.326 e. The molecular weight excluding hydrogens is 248 g/mol. The number of urea groups is 1. The molecule has 19 heavy (non-hydrogen) atoms. The smallest absolute Gasteiger partial charge is 0.326 e. The molecule has 1 unspecified atom stereocenters. The summed E-state index contributed by atoms with van der Waals surface area (Å²) in [6.45, 7) is 8.90. The lowest BCUT2D eigenvalue weighted by Crippen LogP contribution is -2.50. The van der Waals surface area contributed by atoms with E-state index in [1.165, 1.54) is 0 Å². The number of nitrogens with one attached hydrogen (secondary N) is 1. The summed E-state index contributed by atoms with van der Waals surface area (Å²) in [5, 5.41) is 20.2. The van der Waals surface area contributed by atoms with Crippen molar-refractivity contribution in [1.82, 2.24) is 10.2 Å². The topological polar surface area (TPSA) is 89.9 Å². The van der Waals surface area contributed by atoms with E-state index in [1.807, 2.05) is 27.7 Å². The quantitative estimate of drug-likeness (QED) is 0.619. The molecule has 0 saturated heterocycles. The Kier molecular flexibility index (Phi) is 8.14. The molecule has 0 saturated carbocycles. The molecule has 0 aliphatic carbocycles. The molecule has 2 amide bonds. The maximum atomic E-state index is 12.1. The summed E-state index contributed by atoms with van der Waals surface area (Å²) in [5.41, 5.74) is 0. The van der Waals surface area contributed by atoms with Crippen molar-refractivity contribution in [1.29, 1.82) is 0 Å². The first-order valence-electron chi connectivity index (χ1n) is 6.67. The third-order valence-corrected chi connectivity index (χ3v) is 2.47. The maximum absolute atomic E-state index is 12.1. The van der Waals surface area contributed by atoms with Gasteiger partial charge in [-0.3, -0.25) is 0 Å². The van der Waals surface area contributed by atoms with E-state index in [1.54, 1.807) is 4.90 Å². The first-order chi connectivity index (χ1) is 8.77. The summed E-state index contributed by atoms with van der Waals surface area (Å²) in [4.78, 5) is 24.6. The van der Waals surface area contributed by atoms with Crippen LogP contribution in [0.25, 0.3) is 0 Å². The molecule has 0 aliphatic heterocycles. The van der Waals surface area contributed by atoms with E-state index in [0.29, 0.717) is 24.9 Å². The summed E-state index contributed by atoms with van der Waals surface area (Å²) < 4.78 is 0. The number of aliphatic hydroxyl groups is 1. The van der Waals surface area contributed by atoms with Crippen LogP contribution in [0.5, 0.6) is 0 Å². The molecule has 6 heteroatoms. The molecule has 6 nitrogen and oxygen atoms in total. The van der Waals surface area contributed by atoms with E-state index in [4.69, 9.17) is 10.2 Å². The molecule has 0 aliphatic rings. The number of hydrogen-bond acceptors (Lipinski definition) is 3. The first-order valence-corrected chi connectivity index (χ1v) is 6.67. The van der Waals surface area contributed by atoms with Crippen LogP contribution in [0.4, 0.5) is 4.79 Å². The van der Waals surface area contributed by atoms with Crippen LogP contribution in [0.15, 0.2) is 0 Å².